The van der Waals surface area contributed by atoms with Gasteiger partial charge in [0.15, 0.2) is 12.1 Å². The summed E-state index contributed by atoms with van der Waals surface area (Å²) in [4.78, 5) is 12.0. The minimum Gasteiger partial charge on any atom is -0.389 e. The minimum atomic E-state index is -1.26. The molecule has 2 saturated heterocycles. The van der Waals surface area contributed by atoms with E-state index in [1.165, 1.54) is 11.3 Å². The standard InChI is InChI=1S/C24H22ClN7O4S/c1-11-27-23(32(30-11)15-9-8-14-22(17(15)25)37-12(2)28-14)21-19(33)18(29-31-26)20-16(35-21)10-34-24(36-20)13-6-4-3-5-7-13/h3-9,16,18-21,24,33H,10H2,1-2H3/t16-,18-,19-,20+,21-,24?/m1/s1. The molecule has 2 aliphatic rings. The number of azide groups is 1. The molecule has 1 unspecified atom stereocenters. The number of nitrogens with zero attached hydrogens (tertiary/aromatic N) is 7. The van der Waals surface area contributed by atoms with E-state index in [0.717, 1.165) is 20.8 Å². The molecule has 0 aliphatic carbocycles. The zero-order valence-electron chi connectivity index (χ0n) is 19.8. The molecule has 4 heterocycles. The van der Waals surface area contributed by atoms with Gasteiger partial charge in [-0.3, -0.25) is 0 Å². The molecular weight excluding hydrogens is 518 g/mol. The second-order valence-corrected chi connectivity index (χ2v) is 10.4. The van der Waals surface area contributed by atoms with Crippen LogP contribution in [0.3, 0.4) is 0 Å². The van der Waals surface area contributed by atoms with Crippen LogP contribution < -0.4 is 0 Å². The van der Waals surface area contributed by atoms with Gasteiger partial charge in [-0.15, -0.1) is 11.3 Å². The fourth-order valence-corrected chi connectivity index (χ4v) is 6.02. The second kappa shape index (κ2) is 9.66. The number of rotatable bonds is 4. The zero-order chi connectivity index (χ0) is 25.7. The lowest BCUT2D eigenvalue weighted by atomic mass is 9.91. The molecule has 1 N–H and O–H groups in total. The first-order valence-corrected chi connectivity index (χ1v) is 12.8. The average Bonchev–Trinajstić information content (AvgIpc) is 3.48. The van der Waals surface area contributed by atoms with Crippen molar-refractivity contribution in [3.63, 3.8) is 0 Å². The fourth-order valence-electron chi connectivity index (χ4n) is 4.82. The van der Waals surface area contributed by atoms with E-state index in [4.69, 9.17) is 25.8 Å². The van der Waals surface area contributed by atoms with Crippen molar-refractivity contribution in [3.05, 3.63) is 80.1 Å². The molecule has 6 rings (SSSR count). The van der Waals surface area contributed by atoms with Crippen LogP contribution in [-0.2, 0) is 14.2 Å². The van der Waals surface area contributed by atoms with Gasteiger partial charge in [0.05, 0.1) is 44.7 Å². The summed E-state index contributed by atoms with van der Waals surface area (Å²) in [5, 5.41) is 21.2. The predicted octanol–water partition coefficient (Wildman–Crippen LogP) is 4.74. The van der Waals surface area contributed by atoms with Gasteiger partial charge >= 0.3 is 0 Å². The molecule has 2 aromatic carbocycles. The predicted molar refractivity (Wildman–Crippen MR) is 136 cm³/mol. The third kappa shape index (κ3) is 4.26. The van der Waals surface area contributed by atoms with Crippen LogP contribution in [0.2, 0.25) is 5.02 Å². The van der Waals surface area contributed by atoms with Gasteiger partial charge in [-0.05, 0) is 31.5 Å². The SMILES string of the molecule is Cc1nc([C@@H]2O[C@@H]3COC(c4ccccc4)O[C@@H]3[C@H](N=[N+]=[N-])[C@H]2O)n(-c2ccc3nc(C)sc3c2Cl)n1. The molecule has 0 radical (unpaired) electrons. The first-order valence-electron chi connectivity index (χ1n) is 11.6. The molecule has 190 valence electrons. The normalized spacial score (nSPS) is 27.6. The van der Waals surface area contributed by atoms with Crippen molar-refractivity contribution >= 4 is 33.2 Å². The number of hydrogen-bond donors (Lipinski definition) is 1. The summed E-state index contributed by atoms with van der Waals surface area (Å²) in [6.45, 7) is 3.83. The molecule has 37 heavy (non-hydrogen) atoms. The highest BCUT2D eigenvalue weighted by Gasteiger charge is 2.51. The summed E-state index contributed by atoms with van der Waals surface area (Å²) in [5.41, 5.74) is 11.5. The Kier molecular flexibility index (Phi) is 6.33. The number of hydrogen-bond acceptors (Lipinski definition) is 9. The maximum absolute atomic E-state index is 11.4. The van der Waals surface area contributed by atoms with Gasteiger partial charge in [0.2, 0.25) is 0 Å². The Bertz CT molecular complexity index is 1510. The van der Waals surface area contributed by atoms with E-state index in [0.29, 0.717) is 22.4 Å². The monoisotopic (exact) mass is 539 g/mol. The van der Waals surface area contributed by atoms with E-state index >= 15 is 0 Å². The van der Waals surface area contributed by atoms with E-state index in [1.54, 1.807) is 11.6 Å². The molecule has 0 bridgehead atoms. The lowest BCUT2D eigenvalue weighted by Crippen LogP contribution is -2.58. The summed E-state index contributed by atoms with van der Waals surface area (Å²) in [6.07, 6.45) is -4.25. The third-order valence-corrected chi connectivity index (χ3v) is 7.94. The Morgan fingerprint density at radius 2 is 1.97 bits per heavy atom. The second-order valence-electron chi connectivity index (χ2n) is 8.87. The number of fused-ring (bicyclic) bond motifs is 2. The third-order valence-electron chi connectivity index (χ3n) is 6.44. The zero-order valence-corrected chi connectivity index (χ0v) is 21.4. The molecule has 13 heteroatoms. The van der Waals surface area contributed by atoms with Crippen LogP contribution >= 0.6 is 22.9 Å². The van der Waals surface area contributed by atoms with E-state index in [2.05, 4.69) is 25.1 Å². The summed E-state index contributed by atoms with van der Waals surface area (Å²) < 4.78 is 20.8. The van der Waals surface area contributed by atoms with E-state index < -0.39 is 36.7 Å². The van der Waals surface area contributed by atoms with Crippen LogP contribution in [0.5, 0.6) is 0 Å². The number of aliphatic hydroxyl groups is 1. The number of aryl methyl sites for hydroxylation is 2. The first kappa shape index (κ1) is 24.3. The molecule has 0 amide bonds. The molecule has 2 aromatic heterocycles. The summed E-state index contributed by atoms with van der Waals surface area (Å²) >= 11 is 8.26. The minimum absolute atomic E-state index is 0.172. The van der Waals surface area contributed by atoms with Crippen molar-refractivity contribution in [2.45, 2.75) is 50.6 Å². The number of aromatic nitrogens is 4. The Labute approximate surface area is 220 Å². The number of aliphatic hydroxyl groups excluding tert-OH is 1. The van der Waals surface area contributed by atoms with Crippen molar-refractivity contribution in [2.75, 3.05) is 6.61 Å². The molecule has 2 fully saturated rings. The number of ether oxygens (including phenoxy) is 3. The molecule has 4 aromatic rings. The maximum Gasteiger partial charge on any atom is 0.184 e. The van der Waals surface area contributed by atoms with Crippen molar-refractivity contribution in [1.82, 2.24) is 19.7 Å². The van der Waals surface area contributed by atoms with Gasteiger partial charge in [-0.1, -0.05) is 47.0 Å². The van der Waals surface area contributed by atoms with Gasteiger partial charge in [0.25, 0.3) is 0 Å². The maximum atomic E-state index is 11.4. The summed E-state index contributed by atoms with van der Waals surface area (Å²) in [5.74, 6) is 0.791. The van der Waals surface area contributed by atoms with Gasteiger partial charge in [0, 0.05) is 10.5 Å². The fraction of sp³-hybridized carbons (Fsp3) is 0.375. The molecule has 6 atom stereocenters. The van der Waals surface area contributed by atoms with Crippen LogP contribution in [-0.4, -0.2) is 55.8 Å². The lowest BCUT2D eigenvalue weighted by Gasteiger charge is -2.46. The van der Waals surface area contributed by atoms with Crippen molar-refractivity contribution in [3.8, 4) is 5.69 Å². The molecular formula is C24H22ClN7O4S. The smallest absolute Gasteiger partial charge is 0.184 e. The lowest BCUT2D eigenvalue weighted by molar-refractivity contribution is -0.309. The van der Waals surface area contributed by atoms with Crippen LogP contribution in [0, 0.1) is 13.8 Å². The number of benzene rings is 2. The van der Waals surface area contributed by atoms with Crippen LogP contribution in [0.1, 0.15) is 34.6 Å². The number of halogens is 1. The van der Waals surface area contributed by atoms with E-state index in [1.807, 2.05) is 49.4 Å². The van der Waals surface area contributed by atoms with Gasteiger partial charge in [0.1, 0.15) is 24.1 Å². The van der Waals surface area contributed by atoms with Gasteiger partial charge in [-0.2, -0.15) is 5.10 Å². The van der Waals surface area contributed by atoms with E-state index in [9.17, 15) is 10.6 Å². The average molecular weight is 540 g/mol. The molecule has 0 spiro atoms. The Hall–Kier alpha value is -3.09. The highest BCUT2D eigenvalue weighted by Crippen LogP contribution is 2.41. The number of thiazole rings is 1. The highest BCUT2D eigenvalue weighted by atomic mass is 35.5. The summed E-state index contributed by atoms with van der Waals surface area (Å²) in [7, 11) is 0. The van der Waals surface area contributed by atoms with Crippen LogP contribution in [0.15, 0.2) is 47.6 Å². The van der Waals surface area contributed by atoms with Crippen LogP contribution in [0.25, 0.3) is 26.3 Å². The van der Waals surface area contributed by atoms with Crippen molar-refractivity contribution in [1.29, 1.82) is 0 Å². The van der Waals surface area contributed by atoms with Crippen molar-refractivity contribution < 1.29 is 19.3 Å². The topological polar surface area (TPSA) is 140 Å². The molecule has 0 saturated carbocycles. The van der Waals surface area contributed by atoms with E-state index in [-0.39, 0.29) is 6.61 Å². The van der Waals surface area contributed by atoms with Crippen LogP contribution in [0.4, 0.5) is 0 Å². The Morgan fingerprint density at radius 1 is 1.16 bits per heavy atom. The first-order chi connectivity index (χ1) is 17.9. The van der Waals surface area contributed by atoms with Gasteiger partial charge in [-0.25, -0.2) is 14.6 Å². The van der Waals surface area contributed by atoms with Gasteiger partial charge < -0.3 is 19.3 Å². The van der Waals surface area contributed by atoms with Crippen molar-refractivity contribution in [2.24, 2.45) is 5.11 Å². The Morgan fingerprint density at radius 3 is 2.76 bits per heavy atom. The molecule has 11 nitrogen and oxygen atoms in total. The molecule has 2 aliphatic heterocycles. The Balaban J connectivity index is 1.36. The largest absolute Gasteiger partial charge is 0.389 e. The quantitative estimate of drug-likeness (QED) is 0.224. The summed E-state index contributed by atoms with van der Waals surface area (Å²) in [6, 6.07) is 12.1. The highest BCUT2D eigenvalue weighted by molar-refractivity contribution is 7.19.